The van der Waals surface area contributed by atoms with E-state index < -0.39 is 0 Å². The number of aromatic nitrogens is 1. The summed E-state index contributed by atoms with van der Waals surface area (Å²) in [7, 11) is 2.09. The molecular formula is C13H18ClN3S. The van der Waals surface area contributed by atoms with Crippen molar-refractivity contribution in [2.24, 2.45) is 0 Å². The van der Waals surface area contributed by atoms with E-state index in [9.17, 15) is 0 Å². The summed E-state index contributed by atoms with van der Waals surface area (Å²) in [5.74, 6) is 0. The van der Waals surface area contributed by atoms with Crippen LogP contribution in [-0.2, 0) is 6.54 Å². The number of hydrogen-bond acceptors (Lipinski definition) is 4. The van der Waals surface area contributed by atoms with E-state index in [2.05, 4.69) is 49.0 Å². The third kappa shape index (κ3) is 3.15. The van der Waals surface area contributed by atoms with E-state index in [0.29, 0.717) is 5.13 Å². The van der Waals surface area contributed by atoms with Crippen LogP contribution in [0, 0.1) is 13.8 Å². The molecule has 0 amide bonds. The second-order valence-corrected chi connectivity index (χ2v) is 5.39. The van der Waals surface area contributed by atoms with E-state index in [1.807, 2.05) is 6.20 Å². The first-order valence-corrected chi connectivity index (χ1v) is 6.37. The molecule has 18 heavy (non-hydrogen) atoms. The molecule has 2 rings (SSSR count). The van der Waals surface area contributed by atoms with Crippen molar-refractivity contribution in [3.05, 3.63) is 40.4 Å². The van der Waals surface area contributed by atoms with Crippen molar-refractivity contribution in [2.45, 2.75) is 20.4 Å². The summed E-state index contributed by atoms with van der Waals surface area (Å²) in [6.07, 6.45) is 1.85. The lowest BCUT2D eigenvalue weighted by atomic mass is 10.1. The maximum atomic E-state index is 5.64. The molecular weight excluding hydrogens is 266 g/mol. The monoisotopic (exact) mass is 283 g/mol. The van der Waals surface area contributed by atoms with Crippen molar-refractivity contribution in [1.29, 1.82) is 0 Å². The van der Waals surface area contributed by atoms with Crippen LogP contribution >= 0.6 is 23.7 Å². The van der Waals surface area contributed by atoms with E-state index in [0.717, 1.165) is 6.54 Å². The molecule has 0 aliphatic carbocycles. The number of hydrogen-bond donors (Lipinski definition) is 1. The Bertz CT molecular complexity index is 525. The Morgan fingerprint density at radius 3 is 2.67 bits per heavy atom. The first-order chi connectivity index (χ1) is 8.08. The first kappa shape index (κ1) is 14.8. The topological polar surface area (TPSA) is 42.2 Å². The molecule has 0 fully saturated rings. The van der Waals surface area contributed by atoms with Gasteiger partial charge in [-0.05, 0) is 31.0 Å². The van der Waals surface area contributed by atoms with Gasteiger partial charge in [0.05, 0.1) is 6.54 Å². The van der Waals surface area contributed by atoms with Gasteiger partial charge in [-0.3, -0.25) is 0 Å². The number of nitrogens with zero attached hydrogens (tertiary/aromatic N) is 2. The summed E-state index contributed by atoms with van der Waals surface area (Å²) in [5, 5.41) is 0.634. The number of halogens is 1. The molecule has 1 aromatic carbocycles. The third-order valence-electron chi connectivity index (χ3n) is 2.95. The molecule has 0 aliphatic rings. The Hall–Kier alpha value is -1.26. The van der Waals surface area contributed by atoms with Crippen molar-refractivity contribution in [3.63, 3.8) is 0 Å². The fourth-order valence-corrected chi connectivity index (χ4v) is 2.60. The van der Waals surface area contributed by atoms with Gasteiger partial charge >= 0.3 is 0 Å². The highest BCUT2D eigenvalue weighted by atomic mass is 35.5. The number of aryl methyl sites for hydroxylation is 1. The van der Waals surface area contributed by atoms with Crippen LogP contribution in [0.25, 0.3) is 0 Å². The van der Waals surface area contributed by atoms with Gasteiger partial charge in [-0.2, -0.15) is 0 Å². The smallest absolute Gasteiger partial charge is 0.180 e. The summed E-state index contributed by atoms with van der Waals surface area (Å²) >= 11 is 1.55. The van der Waals surface area contributed by atoms with Crippen LogP contribution in [-0.4, -0.2) is 12.0 Å². The highest BCUT2D eigenvalue weighted by molar-refractivity contribution is 7.15. The molecule has 0 saturated heterocycles. The average Bonchev–Trinajstić information content (AvgIpc) is 2.68. The summed E-state index contributed by atoms with van der Waals surface area (Å²) in [6.45, 7) is 5.14. The fourth-order valence-electron chi connectivity index (χ4n) is 1.86. The number of rotatable bonds is 3. The third-order valence-corrected chi connectivity index (χ3v) is 3.76. The highest BCUT2D eigenvalue weighted by Gasteiger charge is 2.08. The van der Waals surface area contributed by atoms with Crippen molar-refractivity contribution < 1.29 is 0 Å². The Morgan fingerprint density at radius 2 is 2.06 bits per heavy atom. The van der Waals surface area contributed by atoms with Crippen LogP contribution in [0.1, 0.15) is 16.0 Å². The van der Waals surface area contributed by atoms with Crippen LogP contribution < -0.4 is 10.6 Å². The zero-order valence-corrected chi connectivity index (χ0v) is 12.4. The van der Waals surface area contributed by atoms with Crippen LogP contribution in [0.5, 0.6) is 0 Å². The van der Waals surface area contributed by atoms with Gasteiger partial charge in [0.25, 0.3) is 0 Å². The number of nitrogen functional groups attached to an aromatic ring is 1. The van der Waals surface area contributed by atoms with Crippen LogP contribution in [0.4, 0.5) is 10.8 Å². The maximum absolute atomic E-state index is 5.64. The minimum Gasteiger partial charge on any atom is -0.375 e. The Morgan fingerprint density at radius 1 is 1.33 bits per heavy atom. The van der Waals surface area contributed by atoms with Gasteiger partial charge in [0.2, 0.25) is 0 Å². The fraction of sp³-hybridized carbons (Fsp3) is 0.308. The van der Waals surface area contributed by atoms with E-state index in [1.54, 1.807) is 11.3 Å². The van der Waals surface area contributed by atoms with E-state index in [-0.39, 0.29) is 12.4 Å². The van der Waals surface area contributed by atoms with Crippen LogP contribution in [0.2, 0.25) is 0 Å². The van der Waals surface area contributed by atoms with E-state index in [1.165, 1.54) is 21.7 Å². The minimum absolute atomic E-state index is 0. The van der Waals surface area contributed by atoms with Crippen LogP contribution in [0.15, 0.2) is 24.4 Å². The van der Waals surface area contributed by atoms with Gasteiger partial charge in [-0.25, -0.2) is 4.98 Å². The molecule has 1 aromatic heterocycles. The van der Waals surface area contributed by atoms with Gasteiger partial charge in [0, 0.05) is 23.8 Å². The quantitative estimate of drug-likeness (QED) is 0.939. The van der Waals surface area contributed by atoms with Crippen molar-refractivity contribution in [1.82, 2.24) is 4.98 Å². The van der Waals surface area contributed by atoms with Gasteiger partial charge in [-0.1, -0.05) is 12.1 Å². The standard InChI is InChI=1S/C13H17N3S.ClH/c1-9-5-4-6-12(10(9)2)16(3)8-11-7-15-13(14)17-11;/h4-7H,8H2,1-3H3,(H2,14,15);1H. The molecule has 0 saturated carbocycles. The van der Waals surface area contributed by atoms with E-state index in [4.69, 9.17) is 5.73 Å². The lowest BCUT2D eigenvalue weighted by Gasteiger charge is -2.21. The van der Waals surface area contributed by atoms with Crippen molar-refractivity contribution in [3.8, 4) is 0 Å². The zero-order chi connectivity index (χ0) is 12.4. The first-order valence-electron chi connectivity index (χ1n) is 5.55. The summed E-state index contributed by atoms with van der Waals surface area (Å²) in [4.78, 5) is 7.49. The Kier molecular flexibility index (Phi) is 4.99. The molecule has 0 spiro atoms. The van der Waals surface area contributed by atoms with Crippen molar-refractivity contribution >= 4 is 34.6 Å². The van der Waals surface area contributed by atoms with Gasteiger partial charge in [-0.15, -0.1) is 23.7 Å². The molecule has 0 radical (unpaired) electrons. The molecule has 2 aromatic rings. The molecule has 2 N–H and O–H groups in total. The average molecular weight is 284 g/mol. The lowest BCUT2D eigenvalue weighted by molar-refractivity contribution is 0.928. The summed E-state index contributed by atoms with van der Waals surface area (Å²) in [5.41, 5.74) is 9.54. The number of thiazole rings is 1. The largest absolute Gasteiger partial charge is 0.375 e. The predicted octanol–water partition coefficient (Wildman–Crippen LogP) is 3.40. The Labute approximate surface area is 118 Å². The SMILES string of the molecule is Cc1cccc(N(C)Cc2cnc(N)s2)c1C.Cl. The molecule has 1 heterocycles. The normalized spacial score (nSPS) is 9.94. The van der Waals surface area contributed by atoms with Gasteiger partial charge in [0.1, 0.15) is 0 Å². The molecule has 5 heteroatoms. The number of nitrogens with two attached hydrogens (primary N) is 1. The summed E-state index contributed by atoms with van der Waals surface area (Å²) < 4.78 is 0. The van der Waals surface area contributed by atoms with Crippen molar-refractivity contribution in [2.75, 3.05) is 17.7 Å². The number of anilines is 2. The minimum atomic E-state index is 0. The predicted molar refractivity (Wildman–Crippen MR) is 81.8 cm³/mol. The second kappa shape index (κ2) is 6.07. The highest BCUT2D eigenvalue weighted by Crippen LogP contribution is 2.24. The number of benzene rings is 1. The van der Waals surface area contributed by atoms with Crippen LogP contribution in [0.3, 0.4) is 0 Å². The zero-order valence-electron chi connectivity index (χ0n) is 10.8. The molecule has 0 atom stereocenters. The molecule has 98 valence electrons. The maximum Gasteiger partial charge on any atom is 0.180 e. The lowest BCUT2D eigenvalue weighted by Crippen LogP contribution is -2.16. The second-order valence-electron chi connectivity index (χ2n) is 4.24. The summed E-state index contributed by atoms with van der Waals surface area (Å²) in [6, 6.07) is 6.37. The Balaban J connectivity index is 0.00000162. The molecule has 0 bridgehead atoms. The van der Waals surface area contributed by atoms with E-state index >= 15 is 0 Å². The molecule has 0 aliphatic heterocycles. The molecule has 0 unspecified atom stereocenters. The molecule has 3 nitrogen and oxygen atoms in total. The van der Waals surface area contributed by atoms with Gasteiger partial charge in [0.15, 0.2) is 5.13 Å². The van der Waals surface area contributed by atoms with Gasteiger partial charge < -0.3 is 10.6 Å².